The summed E-state index contributed by atoms with van der Waals surface area (Å²) >= 11 is 4.64. The monoisotopic (exact) mass is 369 g/mol. The Hall–Kier alpha value is -1.93. The molecule has 1 atom stereocenters. The number of halogens is 1. The number of anilines is 1. The van der Waals surface area contributed by atoms with Gasteiger partial charge in [-0.15, -0.1) is 11.3 Å². The molecule has 2 rings (SSSR count). The molecule has 110 valence electrons. The van der Waals surface area contributed by atoms with Crippen molar-refractivity contribution in [3.05, 3.63) is 44.3 Å². The third kappa shape index (κ3) is 3.59. The number of carboxylic acid groups (broad SMARTS) is 1. The zero-order valence-corrected chi connectivity index (χ0v) is 13.4. The number of hydrogen-bond donors (Lipinski definition) is 3. The predicted molar refractivity (Wildman–Crippen MR) is 83.8 cm³/mol. The summed E-state index contributed by atoms with van der Waals surface area (Å²) < 4.78 is 0.695. The lowest BCUT2D eigenvalue weighted by Crippen LogP contribution is -2.12. The summed E-state index contributed by atoms with van der Waals surface area (Å²) in [6.07, 6.45) is 0. The molecule has 0 aliphatic carbocycles. The van der Waals surface area contributed by atoms with Gasteiger partial charge in [0.05, 0.1) is 6.04 Å². The number of rotatable bonds is 5. The first-order valence-corrected chi connectivity index (χ1v) is 7.60. The smallest absolute Gasteiger partial charge is 0.355 e. The van der Waals surface area contributed by atoms with Crippen LogP contribution in [0.25, 0.3) is 0 Å². The summed E-state index contributed by atoms with van der Waals surface area (Å²) in [5.74, 6) is -1.54. The number of hydrogen-bond acceptors (Lipinski definition) is 5. The van der Waals surface area contributed by atoms with Crippen LogP contribution < -0.4 is 11.1 Å². The molecule has 4 N–H and O–H groups in total. The predicted octanol–water partition coefficient (Wildman–Crippen LogP) is 2.88. The average Bonchev–Trinajstić information content (AvgIpc) is 2.90. The zero-order valence-electron chi connectivity index (χ0n) is 11.0. The van der Waals surface area contributed by atoms with Crippen molar-refractivity contribution in [1.29, 1.82) is 0 Å². The maximum atomic E-state index is 11.1. The van der Waals surface area contributed by atoms with Gasteiger partial charge in [-0.2, -0.15) is 0 Å². The molecule has 0 saturated carbocycles. The standard InChI is InChI=1S/C13H12BrN3O3S/c1-6(12-17-10(5-21-12)13(19)20)16-9-3-2-7(11(15)18)4-8(9)14/h2-6,16H,1H3,(H2,15,18)(H,19,20). The molecule has 0 saturated heterocycles. The van der Waals surface area contributed by atoms with Crippen molar-refractivity contribution < 1.29 is 14.7 Å². The molecule has 21 heavy (non-hydrogen) atoms. The number of carbonyl (C=O) groups excluding carboxylic acids is 1. The van der Waals surface area contributed by atoms with Gasteiger partial charge in [0.25, 0.3) is 0 Å². The van der Waals surface area contributed by atoms with E-state index in [0.717, 1.165) is 5.69 Å². The van der Waals surface area contributed by atoms with Crippen LogP contribution in [0.3, 0.4) is 0 Å². The van der Waals surface area contributed by atoms with Crippen LogP contribution in [-0.4, -0.2) is 22.0 Å². The number of nitrogens with zero attached hydrogens (tertiary/aromatic N) is 1. The van der Waals surface area contributed by atoms with E-state index in [1.165, 1.54) is 16.7 Å². The van der Waals surface area contributed by atoms with Gasteiger partial charge in [-0.1, -0.05) is 0 Å². The average molecular weight is 370 g/mol. The number of primary amides is 1. The molecule has 0 aliphatic rings. The van der Waals surface area contributed by atoms with Gasteiger partial charge in [0, 0.05) is 21.1 Å². The first kappa shape index (κ1) is 15.5. The fourth-order valence-corrected chi connectivity index (χ4v) is 2.96. The fraction of sp³-hybridized carbons (Fsp3) is 0.154. The molecule has 6 nitrogen and oxygen atoms in total. The zero-order chi connectivity index (χ0) is 15.6. The lowest BCUT2D eigenvalue weighted by Gasteiger charge is -2.14. The molecule has 0 fully saturated rings. The Morgan fingerprint density at radius 2 is 2.19 bits per heavy atom. The van der Waals surface area contributed by atoms with Crippen LogP contribution in [-0.2, 0) is 0 Å². The third-order valence-electron chi connectivity index (χ3n) is 2.74. The fourth-order valence-electron chi connectivity index (χ4n) is 1.67. The molecule has 1 unspecified atom stereocenters. The van der Waals surface area contributed by atoms with Crippen LogP contribution in [0.1, 0.15) is 38.8 Å². The Bertz CT molecular complexity index is 702. The van der Waals surface area contributed by atoms with Crippen molar-refractivity contribution in [3.8, 4) is 0 Å². The third-order valence-corrected chi connectivity index (χ3v) is 4.42. The van der Waals surface area contributed by atoms with E-state index >= 15 is 0 Å². The van der Waals surface area contributed by atoms with E-state index in [0.29, 0.717) is 15.0 Å². The van der Waals surface area contributed by atoms with Crippen LogP contribution in [0.2, 0.25) is 0 Å². The highest BCUT2D eigenvalue weighted by molar-refractivity contribution is 9.10. The summed E-state index contributed by atoms with van der Waals surface area (Å²) in [6, 6.07) is 4.81. The van der Waals surface area contributed by atoms with E-state index in [4.69, 9.17) is 10.8 Å². The molecule has 1 aromatic carbocycles. The molecular formula is C13H12BrN3O3S. The van der Waals surface area contributed by atoms with Crippen LogP contribution in [0.15, 0.2) is 28.1 Å². The van der Waals surface area contributed by atoms with Crippen molar-refractivity contribution in [3.63, 3.8) is 0 Å². The minimum Gasteiger partial charge on any atom is -0.476 e. The lowest BCUT2D eigenvalue weighted by atomic mass is 10.2. The minimum atomic E-state index is -1.04. The molecule has 0 aliphatic heterocycles. The number of thiazole rings is 1. The second-order valence-electron chi connectivity index (χ2n) is 4.30. The summed E-state index contributed by atoms with van der Waals surface area (Å²) in [7, 11) is 0. The summed E-state index contributed by atoms with van der Waals surface area (Å²) in [5, 5.41) is 14.2. The molecule has 8 heteroatoms. The molecule has 2 aromatic rings. The highest BCUT2D eigenvalue weighted by atomic mass is 79.9. The topological polar surface area (TPSA) is 105 Å². The molecule has 0 radical (unpaired) electrons. The van der Waals surface area contributed by atoms with E-state index in [-0.39, 0.29) is 11.7 Å². The van der Waals surface area contributed by atoms with E-state index in [2.05, 4.69) is 26.2 Å². The Morgan fingerprint density at radius 1 is 1.48 bits per heavy atom. The molecule has 1 aromatic heterocycles. The largest absolute Gasteiger partial charge is 0.476 e. The number of carboxylic acids is 1. The molecule has 1 amide bonds. The first-order chi connectivity index (χ1) is 9.88. The number of amides is 1. The van der Waals surface area contributed by atoms with Gasteiger partial charge < -0.3 is 16.2 Å². The molecular weight excluding hydrogens is 358 g/mol. The van der Waals surface area contributed by atoms with Gasteiger partial charge in [-0.05, 0) is 41.1 Å². The van der Waals surface area contributed by atoms with E-state index in [1.807, 2.05) is 6.92 Å². The van der Waals surface area contributed by atoms with Gasteiger partial charge in [0.15, 0.2) is 5.69 Å². The molecule has 0 bridgehead atoms. The minimum absolute atomic E-state index is 0.0341. The Kier molecular flexibility index (Phi) is 4.59. The second kappa shape index (κ2) is 6.23. The van der Waals surface area contributed by atoms with Crippen LogP contribution in [0.5, 0.6) is 0 Å². The van der Waals surface area contributed by atoms with Crippen molar-refractivity contribution in [2.45, 2.75) is 13.0 Å². The SMILES string of the molecule is CC(Nc1ccc(C(N)=O)cc1Br)c1nc(C(=O)O)cs1. The van der Waals surface area contributed by atoms with Gasteiger partial charge in [-0.3, -0.25) is 4.79 Å². The highest BCUT2D eigenvalue weighted by Gasteiger charge is 2.15. The maximum Gasteiger partial charge on any atom is 0.355 e. The van der Waals surface area contributed by atoms with Gasteiger partial charge >= 0.3 is 5.97 Å². The van der Waals surface area contributed by atoms with Crippen LogP contribution in [0.4, 0.5) is 5.69 Å². The Morgan fingerprint density at radius 3 is 2.71 bits per heavy atom. The number of benzene rings is 1. The summed E-state index contributed by atoms with van der Waals surface area (Å²) in [6.45, 7) is 1.87. The maximum absolute atomic E-state index is 11.1. The van der Waals surface area contributed by atoms with Crippen LogP contribution in [0, 0.1) is 0 Å². The highest BCUT2D eigenvalue weighted by Crippen LogP contribution is 2.28. The van der Waals surface area contributed by atoms with Crippen molar-refractivity contribution in [2.75, 3.05) is 5.32 Å². The lowest BCUT2D eigenvalue weighted by molar-refractivity contribution is 0.0691. The number of nitrogens with two attached hydrogens (primary N) is 1. The Balaban J connectivity index is 2.17. The molecule has 1 heterocycles. The first-order valence-electron chi connectivity index (χ1n) is 5.93. The normalized spacial score (nSPS) is 11.9. The van der Waals surface area contributed by atoms with Crippen LogP contribution >= 0.6 is 27.3 Å². The van der Waals surface area contributed by atoms with E-state index in [9.17, 15) is 9.59 Å². The van der Waals surface area contributed by atoms with Crippen molar-refractivity contribution in [2.24, 2.45) is 5.73 Å². The summed E-state index contributed by atoms with van der Waals surface area (Å²) in [5.41, 5.74) is 6.41. The van der Waals surface area contributed by atoms with Crippen molar-refractivity contribution in [1.82, 2.24) is 4.98 Å². The Labute approximate surface area is 133 Å². The van der Waals surface area contributed by atoms with Gasteiger partial charge in [-0.25, -0.2) is 9.78 Å². The van der Waals surface area contributed by atoms with Gasteiger partial charge in [0.2, 0.25) is 5.91 Å². The second-order valence-corrected chi connectivity index (χ2v) is 6.05. The number of nitrogens with one attached hydrogen (secondary N) is 1. The number of carbonyl (C=O) groups is 2. The summed E-state index contributed by atoms with van der Waals surface area (Å²) in [4.78, 5) is 26.0. The van der Waals surface area contributed by atoms with E-state index < -0.39 is 11.9 Å². The number of aromatic nitrogens is 1. The molecule has 0 spiro atoms. The number of aromatic carboxylic acids is 1. The van der Waals surface area contributed by atoms with Crippen molar-refractivity contribution >= 4 is 44.8 Å². The quantitative estimate of drug-likeness (QED) is 0.751. The van der Waals surface area contributed by atoms with E-state index in [1.54, 1.807) is 18.2 Å². The van der Waals surface area contributed by atoms with Gasteiger partial charge in [0.1, 0.15) is 5.01 Å².